The minimum absolute atomic E-state index is 0. The van der Waals surface area contributed by atoms with Crippen LogP contribution in [0.1, 0.15) is 31.9 Å². The number of benzene rings is 1. The minimum atomic E-state index is -0.426. The van der Waals surface area contributed by atoms with Crippen molar-refractivity contribution in [3.8, 4) is 0 Å². The first kappa shape index (κ1) is 12.5. The molecule has 0 aliphatic heterocycles. The molecule has 0 heterocycles. The van der Waals surface area contributed by atoms with Crippen molar-refractivity contribution >= 4 is 12.4 Å². The summed E-state index contributed by atoms with van der Waals surface area (Å²) in [6.07, 6.45) is 0.724. The maximum Gasteiger partial charge on any atom is 0.126 e. The average molecular weight is 230 g/mol. The molecule has 0 aromatic heterocycles. The molecule has 0 spiro atoms. The molecule has 0 saturated heterocycles. The van der Waals surface area contributed by atoms with Crippen LogP contribution in [0, 0.1) is 11.2 Å². The van der Waals surface area contributed by atoms with Gasteiger partial charge in [-0.15, -0.1) is 12.4 Å². The molecular weight excluding hydrogens is 213 g/mol. The summed E-state index contributed by atoms with van der Waals surface area (Å²) in [5.74, 6) is -0.121. The third kappa shape index (κ3) is 1.56. The predicted molar refractivity (Wildman–Crippen MR) is 62.7 cm³/mol. The maximum absolute atomic E-state index is 13.5. The van der Waals surface area contributed by atoms with Gasteiger partial charge in [-0.3, -0.25) is 0 Å². The van der Waals surface area contributed by atoms with E-state index in [0.29, 0.717) is 0 Å². The van der Waals surface area contributed by atoms with Gasteiger partial charge in [-0.25, -0.2) is 4.39 Å². The van der Waals surface area contributed by atoms with E-state index < -0.39 is 5.54 Å². The molecule has 3 heteroatoms. The molecule has 1 unspecified atom stereocenters. The van der Waals surface area contributed by atoms with E-state index >= 15 is 0 Å². The molecular formula is C12H17ClFN. The fourth-order valence-electron chi connectivity index (χ4n) is 2.21. The van der Waals surface area contributed by atoms with Gasteiger partial charge in [0.15, 0.2) is 0 Å². The van der Waals surface area contributed by atoms with Crippen LogP contribution in [0.2, 0.25) is 0 Å². The van der Waals surface area contributed by atoms with Crippen molar-refractivity contribution in [3.63, 3.8) is 0 Å². The molecule has 15 heavy (non-hydrogen) atoms. The van der Waals surface area contributed by atoms with E-state index in [0.717, 1.165) is 17.5 Å². The smallest absolute Gasteiger partial charge is 0.126 e. The van der Waals surface area contributed by atoms with Gasteiger partial charge in [0.25, 0.3) is 0 Å². The third-order valence-corrected chi connectivity index (χ3v) is 3.70. The first-order chi connectivity index (χ1) is 6.36. The lowest BCUT2D eigenvalue weighted by molar-refractivity contribution is 0.211. The van der Waals surface area contributed by atoms with Crippen molar-refractivity contribution in [3.05, 3.63) is 35.1 Å². The lowest BCUT2D eigenvalue weighted by Crippen LogP contribution is -2.43. The molecule has 1 nitrogen and oxygen atoms in total. The second-order valence-corrected chi connectivity index (χ2v) is 5.03. The zero-order valence-electron chi connectivity index (χ0n) is 9.30. The molecule has 0 fully saturated rings. The number of rotatable bonds is 0. The van der Waals surface area contributed by atoms with Crippen molar-refractivity contribution in [1.29, 1.82) is 0 Å². The summed E-state index contributed by atoms with van der Waals surface area (Å²) >= 11 is 0. The summed E-state index contributed by atoms with van der Waals surface area (Å²) in [6, 6.07) is 5.18. The van der Waals surface area contributed by atoms with Gasteiger partial charge in [0.2, 0.25) is 0 Å². The molecule has 2 N–H and O–H groups in total. The third-order valence-electron chi connectivity index (χ3n) is 3.70. The summed E-state index contributed by atoms with van der Waals surface area (Å²) in [7, 11) is 0. The Kier molecular flexibility index (Phi) is 2.88. The highest BCUT2D eigenvalue weighted by atomic mass is 35.5. The van der Waals surface area contributed by atoms with Crippen molar-refractivity contribution in [1.82, 2.24) is 0 Å². The van der Waals surface area contributed by atoms with Crippen molar-refractivity contribution < 1.29 is 4.39 Å². The number of fused-ring (bicyclic) bond motifs is 1. The lowest BCUT2D eigenvalue weighted by atomic mass is 9.75. The van der Waals surface area contributed by atoms with Crippen LogP contribution in [0.3, 0.4) is 0 Å². The highest BCUT2D eigenvalue weighted by Crippen LogP contribution is 2.48. The van der Waals surface area contributed by atoms with Gasteiger partial charge < -0.3 is 5.73 Å². The number of hydrogen-bond donors (Lipinski definition) is 1. The highest BCUT2D eigenvalue weighted by molar-refractivity contribution is 5.85. The zero-order valence-corrected chi connectivity index (χ0v) is 10.1. The van der Waals surface area contributed by atoms with Crippen LogP contribution in [-0.4, -0.2) is 0 Å². The minimum Gasteiger partial charge on any atom is -0.321 e. The second kappa shape index (κ2) is 3.46. The summed E-state index contributed by atoms with van der Waals surface area (Å²) < 4.78 is 13.5. The molecule has 1 atom stereocenters. The van der Waals surface area contributed by atoms with Crippen LogP contribution in [0.4, 0.5) is 4.39 Å². The van der Waals surface area contributed by atoms with Gasteiger partial charge in [0.1, 0.15) is 5.82 Å². The van der Waals surface area contributed by atoms with Crippen molar-refractivity contribution in [2.24, 2.45) is 11.1 Å². The summed E-state index contributed by atoms with van der Waals surface area (Å²) in [4.78, 5) is 0. The van der Waals surface area contributed by atoms with E-state index in [-0.39, 0.29) is 23.6 Å². The Hall–Kier alpha value is -0.600. The van der Waals surface area contributed by atoms with E-state index in [2.05, 4.69) is 13.8 Å². The lowest BCUT2D eigenvalue weighted by Gasteiger charge is -2.35. The molecule has 84 valence electrons. The van der Waals surface area contributed by atoms with Gasteiger partial charge in [-0.2, -0.15) is 0 Å². The number of halogens is 2. The van der Waals surface area contributed by atoms with Gasteiger partial charge in [0.05, 0.1) is 0 Å². The van der Waals surface area contributed by atoms with E-state index in [1.165, 1.54) is 6.07 Å². The average Bonchev–Trinajstić information content (AvgIpc) is 2.24. The molecule has 0 saturated carbocycles. The molecule has 0 amide bonds. The first-order valence-electron chi connectivity index (χ1n) is 4.93. The van der Waals surface area contributed by atoms with Crippen LogP contribution >= 0.6 is 12.4 Å². The van der Waals surface area contributed by atoms with Gasteiger partial charge in [-0.1, -0.05) is 26.0 Å². The SMILES string of the molecule is CC1(C)Cc2c(F)cccc2C1(C)N.Cl. The van der Waals surface area contributed by atoms with Gasteiger partial charge in [0, 0.05) is 5.54 Å². The molecule has 1 aliphatic rings. The van der Waals surface area contributed by atoms with Crippen LogP contribution in [-0.2, 0) is 12.0 Å². The van der Waals surface area contributed by atoms with E-state index in [1.807, 2.05) is 13.0 Å². The molecule has 1 aromatic carbocycles. The van der Waals surface area contributed by atoms with Crippen molar-refractivity contribution in [2.45, 2.75) is 32.7 Å². The summed E-state index contributed by atoms with van der Waals surface area (Å²) in [5.41, 5.74) is 7.53. The Morgan fingerprint density at radius 2 is 1.87 bits per heavy atom. The van der Waals surface area contributed by atoms with Crippen LogP contribution < -0.4 is 5.73 Å². The normalized spacial score (nSPS) is 27.0. The Morgan fingerprint density at radius 1 is 1.27 bits per heavy atom. The molecule has 0 radical (unpaired) electrons. The van der Waals surface area contributed by atoms with Crippen LogP contribution in [0.5, 0.6) is 0 Å². The van der Waals surface area contributed by atoms with Crippen LogP contribution in [0.25, 0.3) is 0 Å². The van der Waals surface area contributed by atoms with E-state index in [1.54, 1.807) is 6.07 Å². The monoisotopic (exact) mass is 229 g/mol. The predicted octanol–water partition coefficient (Wildman–Crippen LogP) is 3.00. The Morgan fingerprint density at radius 3 is 2.40 bits per heavy atom. The molecule has 0 bridgehead atoms. The Labute approximate surface area is 96.3 Å². The molecule has 2 rings (SSSR count). The zero-order chi connectivity index (χ0) is 10.6. The fourth-order valence-corrected chi connectivity index (χ4v) is 2.21. The topological polar surface area (TPSA) is 26.0 Å². The number of nitrogens with two attached hydrogens (primary N) is 1. The standard InChI is InChI=1S/C12H16FN.ClH/c1-11(2)7-8-9(12(11,3)14)5-4-6-10(8)13;/h4-6H,7,14H2,1-3H3;1H. The van der Waals surface area contributed by atoms with Crippen molar-refractivity contribution in [2.75, 3.05) is 0 Å². The van der Waals surface area contributed by atoms with Gasteiger partial charge in [-0.05, 0) is 36.0 Å². The molecule has 1 aromatic rings. The van der Waals surface area contributed by atoms with Crippen LogP contribution in [0.15, 0.2) is 18.2 Å². The number of hydrogen-bond acceptors (Lipinski definition) is 1. The van der Waals surface area contributed by atoms with E-state index in [9.17, 15) is 4.39 Å². The molecule has 1 aliphatic carbocycles. The quantitative estimate of drug-likeness (QED) is 0.727. The van der Waals surface area contributed by atoms with E-state index in [4.69, 9.17) is 5.73 Å². The largest absolute Gasteiger partial charge is 0.321 e. The highest BCUT2D eigenvalue weighted by Gasteiger charge is 2.46. The fraction of sp³-hybridized carbons (Fsp3) is 0.500. The maximum atomic E-state index is 13.5. The Bertz CT molecular complexity index is 385. The summed E-state index contributed by atoms with van der Waals surface area (Å²) in [5, 5.41) is 0. The Balaban J connectivity index is 0.00000112. The summed E-state index contributed by atoms with van der Waals surface area (Å²) in [6.45, 7) is 6.16. The second-order valence-electron chi connectivity index (χ2n) is 5.03. The first-order valence-corrected chi connectivity index (χ1v) is 4.93. The van der Waals surface area contributed by atoms with Gasteiger partial charge >= 0.3 is 0 Å².